The lowest BCUT2D eigenvalue weighted by molar-refractivity contribution is 0.767. The van der Waals surface area contributed by atoms with E-state index >= 15 is 0 Å². The zero-order chi connectivity index (χ0) is 48.0. The van der Waals surface area contributed by atoms with Gasteiger partial charge in [0.1, 0.15) is 8.07 Å². The quantitative estimate of drug-likeness (QED) is 0.137. The lowest BCUT2D eigenvalue weighted by Gasteiger charge is -2.36. The van der Waals surface area contributed by atoms with Crippen molar-refractivity contribution in [2.75, 3.05) is 4.90 Å². The van der Waals surface area contributed by atoms with Gasteiger partial charge in [0, 0.05) is 17.1 Å². The fourth-order valence-electron chi connectivity index (χ4n) is 13.3. The van der Waals surface area contributed by atoms with Crippen molar-refractivity contribution >= 4 is 35.5 Å². The fraction of sp³-hybridized carbons (Fsp3) is 0.0571. The molecule has 340 valence electrons. The van der Waals surface area contributed by atoms with Gasteiger partial charge in [0.05, 0.1) is 10.8 Å². The van der Waals surface area contributed by atoms with E-state index < -0.39 is 18.9 Å². The Morgan fingerprint density at radius 3 is 1.11 bits per heavy atom. The number of benzene rings is 11. The third-order valence-electron chi connectivity index (χ3n) is 16.4. The molecule has 1 nitrogen and oxygen atoms in total. The second-order valence-corrected chi connectivity index (χ2v) is 24.7. The Labute approximate surface area is 424 Å². The molecule has 3 aliphatic rings. The summed E-state index contributed by atoms with van der Waals surface area (Å²) in [6.07, 6.45) is 0. The van der Waals surface area contributed by atoms with Crippen LogP contribution in [0.3, 0.4) is 0 Å². The average Bonchev–Trinajstić information content (AvgIpc) is 4.00. The lowest BCUT2D eigenvalue weighted by Crippen LogP contribution is -2.49. The summed E-state index contributed by atoms with van der Waals surface area (Å²) in [4.78, 5) is 2.56. The summed E-state index contributed by atoms with van der Waals surface area (Å²) < 4.78 is 0. The third kappa shape index (κ3) is 6.00. The van der Waals surface area contributed by atoms with E-state index in [0.717, 1.165) is 17.1 Å². The first-order valence-corrected chi connectivity index (χ1v) is 28.3. The average molecular weight is 934 g/mol. The maximum atomic E-state index is 2.56. The summed E-state index contributed by atoms with van der Waals surface area (Å²) in [7, 11) is -2.06. The standard InChI is InChI=1S/C70H51NSi/c1-72(2)67-34-20-17-31-61(67)62-44-41-56(47-68(62)72)71(54-39-42-59-57-29-15-18-32-63(57)69(65(59)45-54,50-23-9-4-10-24-50)51-25-11-5-12-26-51)55-40-43-60-58-30-16-19-33-64(58)70(66(60)46-55,52-27-13-6-14-28-52)53-37-35-49(36-38-53)48-21-7-3-8-22-48/h3-47H,1-2H3. The maximum Gasteiger partial charge on any atom is 0.113 e. The molecule has 0 amide bonds. The van der Waals surface area contributed by atoms with Gasteiger partial charge in [-0.3, -0.25) is 0 Å². The van der Waals surface area contributed by atoms with Gasteiger partial charge in [-0.2, -0.15) is 0 Å². The molecule has 0 bridgehead atoms. The molecule has 1 unspecified atom stereocenters. The van der Waals surface area contributed by atoms with Crippen LogP contribution < -0.4 is 15.3 Å². The van der Waals surface area contributed by atoms with Crippen LogP contribution in [0.1, 0.15) is 44.5 Å². The summed E-state index contributed by atoms with van der Waals surface area (Å²) in [5, 5.41) is 2.99. The molecule has 0 fully saturated rings. The van der Waals surface area contributed by atoms with Gasteiger partial charge < -0.3 is 4.90 Å². The molecule has 0 N–H and O–H groups in total. The minimum absolute atomic E-state index is 0.543. The monoisotopic (exact) mass is 933 g/mol. The lowest BCUT2D eigenvalue weighted by atomic mass is 9.67. The number of fused-ring (bicyclic) bond motifs is 9. The zero-order valence-electron chi connectivity index (χ0n) is 40.4. The molecular formula is C70H51NSi. The van der Waals surface area contributed by atoms with E-state index in [1.54, 1.807) is 0 Å². The van der Waals surface area contributed by atoms with Gasteiger partial charge in [0.2, 0.25) is 0 Å². The summed E-state index contributed by atoms with van der Waals surface area (Å²) in [5.74, 6) is 0. The van der Waals surface area contributed by atoms with Crippen LogP contribution >= 0.6 is 0 Å². The zero-order valence-corrected chi connectivity index (χ0v) is 41.4. The van der Waals surface area contributed by atoms with E-state index in [-0.39, 0.29) is 0 Å². The molecule has 2 aliphatic carbocycles. The number of nitrogens with zero attached hydrogens (tertiary/aromatic N) is 1. The highest BCUT2D eigenvalue weighted by Crippen LogP contribution is 2.60. The molecule has 14 rings (SSSR count). The van der Waals surface area contributed by atoms with Crippen molar-refractivity contribution in [3.8, 4) is 44.5 Å². The summed E-state index contributed by atoms with van der Waals surface area (Å²) in [6.45, 7) is 5.05. The predicted molar refractivity (Wildman–Crippen MR) is 303 cm³/mol. The number of rotatable bonds is 8. The van der Waals surface area contributed by atoms with Gasteiger partial charge in [0.25, 0.3) is 0 Å². The van der Waals surface area contributed by atoms with E-state index in [4.69, 9.17) is 0 Å². The van der Waals surface area contributed by atoms with Crippen molar-refractivity contribution in [2.45, 2.75) is 23.9 Å². The van der Waals surface area contributed by atoms with Crippen LogP contribution in [-0.2, 0) is 10.8 Å². The molecule has 0 spiro atoms. The summed E-state index contributed by atoms with van der Waals surface area (Å²) in [6, 6.07) is 103. The molecule has 2 heteroatoms. The van der Waals surface area contributed by atoms with Crippen LogP contribution in [0.5, 0.6) is 0 Å². The number of hydrogen-bond acceptors (Lipinski definition) is 1. The fourth-order valence-corrected chi connectivity index (χ4v) is 16.4. The van der Waals surface area contributed by atoms with Crippen molar-refractivity contribution < 1.29 is 0 Å². The van der Waals surface area contributed by atoms with Gasteiger partial charge in [-0.1, -0.05) is 250 Å². The normalized spacial score (nSPS) is 15.9. The van der Waals surface area contributed by atoms with Gasteiger partial charge in [-0.25, -0.2) is 0 Å². The van der Waals surface area contributed by atoms with Crippen molar-refractivity contribution in [3.05, 3.63) is 317 Å². The molecule has 1 atom stereocenters. The number of anilines is 3. The van der Waals surface area contributed by atoms with Crippen LogP contribution in [0.25, 0.3) is 44.5 Å². The minimum Gasteiger partial charge on any atom is -0.310 e. The topological polar surface area (TPSA) is 3.24 Å². The van der Waals surface area contributed by atoms with Crippen LogP contribution in [0.15, 0.2) is 273 Å². The molecule has 1 aliphatic heterocycles. The second-order valence-electron chi connectivity index (χ2n) is 20.3. The number of hydrogen-bond donors (Lipinski definition) is 0. The molecular weight excluding hydrogens is 883 g/mol. The van der Waals surface area contributed by atoms with E-state index in [1.165, 1.54) is 99.4 Å². The Hall–Kier alpha value is -8.56. The predicted octanol–water partition coefficient (Wildman–Crippen LogP) is 16.4. The van der Waals surface area contributed by atoms with Crippen molar-refractivity contribution in [2.24, 2.45) is 0 Å². The Balaban J connectivity index is 1.04. The van der Waals surface area contributed by atoms with E-state index in [1.807, 2.05) is 0 Å². The first kappa shape index (κ1) is 42.3. The summed E-state index contributed by atoms with van der Waals surface area (Å²) in [5.41, 5.74) is 22.7. The second kappa shape index (κ2) is 16.2. The van der Waals surface area contributed by atoms with E-state index in [2.05, 4.69) is 291 Å². The van der Waals surface area contributed by atoms with Crippen molar-refractivity contribution in [1.29, 1.82) is 0 Å². The molecule has 1 heterocycles. The van der Waals surface area contributed by atoms with Crippen LogP contribution in [0.2, 0.25) is 13.1 Å². The minimum atomic E-state index is -2.06. The molecule has 0 saturated carbocycles. The molecule has 11 aromatic rings. The van der Waals surface area contributed by atoms with Crippen LogP contribution in [0, 0.1) is 0 Å². The first-order chi connectivity index (χ1) is 35.5. The van der Waals surface area contributed by atoms with E-state index in [9.17, 15) is 0 Å². The van der Waals surface area contributed by atoms with Crippen LogP contribution in [0.4, 0.5) is 17.1 Å². The third-order valence-corrected chi connectivity index (χ3v) is 20.0. The molecule has 0 radical (unpaired) electrons. The van der Waals surface area contributed by atoms with Gasteiger partial charge in [0.15, 0.2) is 0 Å². The maximum absolute atomic E-state index is 2.56. The van der Waals surface area contributed by atoms with E-state index in [0.29, 0.717) is 0 Å². The van der Waals surface area contributed by atoms with Gasteiger partial charge in [-0.05, 0) is 136 Å². The Bertz CT molecular complexity index is 3840. The Morgan fingerprint density at radius 2 is 0.611 bits per heavy atom. The summed E-state index contributed by atoms with van der Waals surface area (Å²) >= 11 is 0. The molecule has 0 saturated heterocycles. The molecule has 0 aromatic heterocycles. The Morgan fingerprint density at radius 1 is 0.264 bits per heavy atom. The largest absolute Gasteiger partial charge is 0.310 e. The van der Waals surface area contributed by atoms with Crippen LogP contribution in [-0.4, -0.2) is 8.07 Å². The Kier molecular flexibility index (Phi) is 9.55. The highest BCUT2D eigenvalue weighted by molar-refractivity contribution is 7.03. The SMILES string of the molecule is C[Si]1(C)c2ccccc2-c2ccc(N(c3ccc4c(c3)C(c3ccccc3)(c3ccccc3)c3ccccc3-4)c3ccc4c(c3)C(c3ccccc3)(c3ccc(-c5ccccc5)cc3)c3ccccc3-4)cc21. The molecule has 72 heavy (non-hydrogen) atoms. The van der Waals surface area contributed by atoms with Crippen molar-refractivity contribution in [3.63, 3.8) is 0 Å². The highest BCUT2D eigenvalue weighted by atomic mass is 28.3. The van der Waals surface area contributed by atoms with Crippen molar-refractivity contribution in [1.82, 2.24) is 0 Å². The highest BCUT2D eigenvalue weighted by Gasteiger charge is 2.48. The van der Waals surface area contributed by atoms with Gasteiger partial charge >= 0.3 is 0 Å². The van der Waals surface area contributed by atoms with Gasteiger partial charge in [-0.15, -0.1) is 0 Å². The smallest absolute Gasteiger partial charge is 0.113 e. The molecule has 11 aromatic carbocycles. The first-order valence-electron chi connectivity index (χ1n) is 25.3.